The molecule has 0 saturated carbocycles. The molecule has 0 fully saturated rings. The molecule has 0 saturated heterocycles. The van der Waals surface area contributed by atoms with Crippen LogP contribution in [0.5, 0.6) is 0 Å². The highest BCUT2D eigenvalue weighted by Gasteiger charge is 2.08. The number of hydrogen-bond donors (Lipinski definition) is 1. The van der Waals surface area contributed by atoms with Crippen molar-refractivity contribution in [2.75, 3.05) is 11.2 Å². The van der Waals surface area contributed by atoms with Gasteiger partial charge in [0.15, 0.2) is 5.78 Å². The molecule has 1 amide bonds. The second-order valence-electron chi connectivity index (χ2n) is 3.36. The molecule has 3 nitrogen and oxygen atoms in total. The van der Waals surface area contributed by atoms with E-state index >= 15 is 0 Å². The van der Waals surface area contributed by atoms with Crippen LogP contribution in [0.3, 0.4) is 0 Å². The summed E-state index contributed by atoms with van der Waals surface area (Å²) < 4.78 is 0.911. The molecule has 16 heavy (non-hydrogen) atoms. The number of nitrogens with one attached hydrogen (secondary N) is 1. The highest BCUT2D eigenvalue weighted by Crippen LogP contribution is 2.20. The molecule has 0 unspecified atom stereocenters. The Hall–Kier alpha value is -0.870. The van der Waals surface area contributed by atoms with Crippen LogP contribution < -0.4 is 5.32 Å². The Morgan fingerprint density at radius 2 is 2.12 bits per heavy atom. The summed E-state index contributed by atoms with van der Waals surface area (Å²) in [5, 5.41) is 2.63. The predicted octanol–water partition coefficient (Wildman–Crippen LogP) is 2.89. The maximum absolute atomic E-state index is 11.4. The summed E-state index contributed by atoms with van der Waals surface area (Å²) >= 11 is 8.67. The van der Waals surface area contributed by atoms with E-state index in [2.05, 4.69) is 21.2 Å². The Morgan fingerprint density at radius 3 is 2.69 bits per heavy atom. The maximum atomic E-state index is 11.4. The number of anilines is 1. The minimum Gasteiger partial charge on any atom is -0.326 e. The van der Waals surface area contributed by atoms with Gasteiger partial charge in [0.1, 0.15) is 0 Å². The van der Waals surface area contributed by atoms with Crippen LogP contribution in [-0.2, 0) is 9.59 Å². The van der Waals surface area contributed by atoms with E-state index in [-0.39, 0.29) is 24.0 Å². The van der Waals surface area contributed by atoms with Gasteiger partial charge in [-0.05, 0) is 24.6 Å². The van der Waals surface area contributed by atoms with E-state index in [1.807, 2.05) is 13.0 Å². The second-order valence-corrected chi connectivity index (χ2v) is 4.48. The van der Waals surface area contributed by atoms with Crippen molar-refractivity contribution in [3.8, 4) is 0 Å². The smallest absolute Gasteiger partial charge is 0.231 e. The number of aryl methyl sites for hydroxylation is 1. The zero-order valence-electron chi connectivity index (χ0n) is 8.72. The summed E-state index contributed by atoms with van der Waals surface area (Å²) in [7, 11) is 0. The van der Waals surface area contributed by atoms with Crippen LogP contribution in [0.1, 0.15) is 12.0 Å². The Balaban J connectivity index is 2.63. The monoisotopic (exact) mass is 303 g/mol. The first-order valence-electron chi connectivity index (χ1n) is 4.66. The van der Waals surface area contributed by atoms with Crippen LogP contribution in [0.4, 0.5) is 5.69 Å². The fourth-order valence-corrected chi connectivity index (χ4v) is 1.58. The lowest BCUT2D eigenvalue weighted by Crippen LogP contribution is -2.17. The zero-order valence-corrected chi connectivity index (χ0v) is 11.1. The number of benzene rings is 1. The minimum atomic E-state index is -0.346. The van der Waals surface area contributed by atoms with E-state index in [1.54, 1.807) is 12.1 Å². The van der Waals surface area contributed by atoms with Crippen molar-refractivity contribution >= 4 is 44.9 Å². The summed E-state index contributed by atoms with van der Waals surface area (Å²) in [6, 6.07) is 5.45. The summed E-state index contributed by atoms with van der Waals surface area (Å²) in [6.07, 6.45) is -0.186. The number of Topliss-reactive ketones (excluding diaryl/α,β-unsaturated/α-hetero) is 1. The van der Waals surface area contributed by atoms with Gasteiger partial charge < -0.3 is 5.32 Å². The molecule has 1 aromatic rings. The fraction of sp³-hybridized carbons (Fsp3) is 0.273. The van der Waals surface area contributed by atoms with Gasteiger partial charge >= 0.3 is 0 Å². The minimum absolute atomic E-state index is 0.134. The number of amides is 1. The normalized spacial score (nSPS) is 9.94. The van der Waals surface area contributed by atoms with Gasteiger partial charge in [0.05, 0.1) is 12.3 Å². The van der Waals surface area contributed by atoms with Crippen LogP contribution in [0.25, 0.3) is 0 Å². The number of hydrogen-bond acceptors (Lipinski definition) is 2. The molecule has 5 heteroatoms. The molecule has 0 spiro atoms. The topological polar surface area (TPSA) is 46.2 Å². The van der Waals surface area contributed by atoms with Crippen molar-refractivity contribution in [3.05, 3.63) is 28.2 Å². The Kier molecular flexibility index (Phi) is 4.96. The molecule has 0 radical (unpaired) electrons. The third-order valence-corrected chi connectivity index (χ3v) is 3.11. The Labute approximate surface area is 107 Å². The summed E-state index contributed by atoms with van der Waals surface area (Å²) in [5.41, 5.74) is 1.74. The highest BCUT2D eigenvalue weighted by molar-refractivity contribution is 9.10. The molecule has 1 rings (SSSR count). The molecule has 0 aliphatic heterocycles. The molecule has 0 aliphatic rings. The number of ketones is 1. The Bertz CT molecular complexity index is 420. The first-order valence-corrected chi connectivity index (χ1v) is 5.99. The summed E-state index contributed by atoms with van der Waals surface area (Å²) in [5.74, 6) is -0.767. The largest absolute Gasteiger partial charge is 0.326 e. The number of alkyl halides is 1. The van der Waals surface area contributed by atoms with Crippen molar-refractivity contribution in [1.29, 1.82) is 0 Å². The van der Waals surface area contributed by atoms with Crippen molar-refractivity contribution in [2.45, 2.75) is 13.3 Å². The van der Waals surface area contributed by atoms with Crippen LogP contribution in [0.2, 0.25) is 0 Å². The Morgan fingerprint density at radius 1 is 1.44 bits per heavy atom. The summed E-state index contributed by atoms with van der Waals surface area (Å²) in [4.78, 5) is 22.3. The maximum Gasteiger partial charge on any atom is 0.231 e. The highest BCUT2D eigenvalue weighted by atomic mass is 79.9. The molecular weight excluding hydrogens is 293 g/mol. The number of rotatable bonds is 4. The third kappa shape index (κ3) is 3.94. The van der Waals surface area contributed by atoms with Gasteiger partial charge in [-0.1, -0.05) is 22.0 Å². The van der Waals surface area contributed by atoms with E-state index in [9.17, 15) is 9.59 Å². The van der Waals surface area contributed by atoms with Crippen molar-refractivity contribution in [3.63, 3.8) is 0 Å². The molecule has 0 aromatic heterocycles. The van der Waals surface area contributed by atoms with Gasteiger partial charge in [-0.3, -0.25) is 9.59 Å². The average molecular weight is 305 g/mol. The first kappa shape index (κ1) is 13.2. The lowest BCUT2D eigenvalue weighted by Gasteiger charge is -2.06. The van der Waals surface area contributed by atoms with Crippen LogP contribution in [-0.4, -0.2) is 17.6 Å². The van der Waals surface area contributed by atoms with Crippen LogP contribution in [0, 0.1) is 6.92 Å². The van der Waals surface area contributed by atoms with Gasteiger partial charge in [-0.15, -0.1) is 11.6 Å². The van der Waals surface area contributed by atoms with E-state index in [1.165, 1.54) is 0 Å². The van der Waals surface area contributed by atoms with Gasteiger partial charge in [0.2, 0.25) is 5.91 Å². The average Bonchev–Trinajstić information content (AvgIpc) is 2.23. The van der Waals surface area contributed by atoms with Crippen molar-refractivity contribution < 1.29 is 9.59 Å². The molecular formula is C11H11BrClNO2. The van der Waals surface area contributed by atoms with E-state index < -0.39 is 0 Å². The molecule has 1 N–H and O–H groups in total. The van der Waals surface area contributed by atoms with Crippen molar-refractivity contribution in [1.82, 2.24) is 0 Å². The summed E-state index contributed by atoms with van der Waals surface area (Å²) in [6.45, 7) is 1.95. The number of carbonyl (C=O) groups excluding carboxylic acids is 2. The lowest BCUT2D eigenvalue weighted by molar-refractivity contribution is -0.124. The lowest BCUT2D eigenvalue weighted by atomic mass is 10.2. The van der Waals surface area contributed by atoms with Crippen LogP contribution in [0.15, 0.2) is 22.7 Å². The van der Waals surface area contributed by atoms with Gasteiger partial charge in [0, 0.05) is 10.2 Å². The SMILES string of the molecule is Cc1ccc(NC(=O)CC(=O)CCl)cc1Br. The molecule has 86 valence electrons. The third-order valence-electron chi connectivity index (χ3n) is 1.96. The van der Waals surface area contributed by atoms with Crippen LogP contribution >= 0.6 is 27.5 Å². The fourth-order valence-electron chi connectivity index (χ4n) is 1.10. The quantitative estimate of drug-likeness (QED) is 0.687. The van der Waals surface area contributed by atoms with Gasteiger partial charge in [-0.25, -0.2) is 0 Å². The zero-order chi connectivity index (χ0) is 12.1. The van der Waals surface area contributed by atoms with E-state index in [0.717, 1.165) is 10.0 Å². The van der Waals surface area contributed by atoms with Gasteiger partial charge in [0.25, 0.3) is 0 Å². The first-order chi connectivity index (χ1) is 7.52. The standard InChI is InChI=1S/C11H11BrClNO2/c1-7-2-3-8(4-10(7)12)14-11(16)5-9(15)6-13/h2-4H,5-6H2,1H3,(H,14,16). The molecule has 0 bridgehead atoms. The van der Waals surface area contributed by atoms with E-state index in [0.29, 0.717) is 5.69 Å². The van der Waals surface area contributed by atoms with E-state index in [4.69, 9.17) is 11.6 Å². The number of carbonyl (C=O) groups is 2. The second kappa shape index (κ2) is 6.01. The predicted molar refractivity (Wildman–Crippen MR) is 67.9 cm³/mol. The molecule has 0 aliphatic carbocycles. The molecule has 1 aromatic carbocycles. The van der Waals surface area contributed by atoms with Gasteiger partial charge in [-0.2, -0.15) is 0 Å². The molecule has 0 atom stereocenters. The number of halogens is 2. The van der Waals surface area contributed by atoms with Crippen molar-refractivity contribution in [2.24, 2.45) is 0 Å². The molecule has 0 heterocycles.